The fraction of sp³-hybridized carbons (Fsp3) is 0.333. The molecular formula is C9H13BO5. The minimum absolute atomic E-state index is 0.232. The molecule has 0 saturated heterocycles. The van der Waals surface area contributed by atoms with Crippen LogP contribution >= 0.6 is 0 Å². The van der Waals surface area contributed by atoms with Crippen molar-refractivity contribution in [3.05, 3.63) is 12.1 Å². The summed E-state index contributed by atoms with van der Waals surface area (Å²) < 4.78 is 15.1. The van der Waals surface area contributed by atoms with Gasteiger partial charge in [0.15, 0.2) is 11.5 Å². The predicted octanol–water partition coefficient (Wildman–Crippen LogP) is -0.608. The van der Waals surface area contributed by atoms with Crippen LogP contribution in [0.4, 0.5) is 0 Å². The third-order valence-electron chi connectivity index (χ3n) is 2.01. The SMILES string of the molecule is COc1cc(OC)c(B(O)O)cc1OC. The van der Waals surface area contributed by atoms with Crippen LogP contribution in [0.1, 0.15) is 0 Å². The monoisotopic (exact) mass is 212 g/mol. The van der Waals surface area contributed by atoms with Gasteiger partial charge in [-0.1, -0.05) is 0 Å². The van der Waals surface area contributed by atoms with Crippen molar-refractivity contribution in [2.75, 3.05) is 21.3 Å². The predicted molar refractivity (Wildman–Crippen MR) is 55.9 cm³/mol. The zero-order valence-electron chi connectivity index (χ0n) is 8.85. The van der Waals surface area contributed by atoms with Gasteiger partial charge in [-0.25, -0.2) is 0 Å². The molecule has 0 radical (unpaired) electrons. The van der Waals surface area contributed by atoms with Crippen molar-refractivity contribution in [3.63, 3.8) is 0 Å². The van der Waals surface area contributed by atoms with E-state index in [1.54, 1.807) is 0 Å². The van der Waals surface area contributed by atoms with Gasteiger partial charge in [-0.05, 0) is 6.07 Å². The highest BCUT2D eigenvalue weighted by Crippen LogP contribution is 2.29. The third kappa shape index (κ3) is 2.34. The van der Waals surface area contributed by atoms with Gasteiger partial charge in [0.25, 0.3) is 0 Å². The van der Waals surface area contributed by atoms with E-state index in [0.717, 1.165) is 0 Å². The largest absolute Gasteiger partial charge is 0.497 e. The van der Waals surface area contributed by atoms with Crippen LogP contribution in [0.3, 0.4) is 0 Å². The van der Waals surface area contributed by atoms with E-state index >= 15 is 0 Å². The highest BCUT2D eigenvalue weighted by Gasteiger charge is 2.20. The van der Waals surface area contributed by atoms with E-state index in [1.165, 1.54) is 33.5 Å². The number of rotatable bonds is 4. The molecule has 0 saturated carbocycles. The molecule has 0 amide bonds. The number of methoxy groups -OCH3 is 3. The van der Waals surface area contributed by atoms with Gasteiger partial charge >= 0.3 is 7.12 Å². The maximum absolute atomic E-state index is 9.10. The molecule has 0 bridgehead atoms. The van der Waals surface area contributed by atoms with Crippen LogP contribution < -0.4 is 19.7 Å². The van der Waals surface area contributed by atoms with Gasteiger partial charge in [-0.3, -0.25) is 0 Å². The van der Waals surface area contributed by atoms with Crippen LogP contribution in [0.15, 0.2) is 12.1 Å². The highest BCUT2D eigenvalue weighted by atomic mass is 16.5. The van der Waals surface area contributed by atoms with Crippen LogP contribution in [-0.2, 0) is 0 Å². The summed E-state index contributed by atoms with van der Waals surface area (Å²) in [6.07, 6.45) is 0. The summed E-state index contributed by atoms with van der Waals surface area (Å²) in [5.41, 5.74) is 0.232. The number of hydrogen-bond acceptors (Lipinski definition) is 5. The second-order valence-corrected chi connectivity index (χ2v) is 2.82. The average molecular weight is 212 g/mol. The van der Waals surface area contributed by atoms with E-state index in [4.69, 9.17) is 24.3 Å². The molecule has 2 N–H and O–H groups in total. The van der Waals surface area contributed by atoms with Crippen molar-refractivity contribution < 1.29 is 24.3 Å². The summed E-state index contributed by atoms with van der Waals surface area (Å²) in [7, 11) is 2.79. The Morgan fingerprint density at radius 2 is 1.33 bits per heavy atom. The molecule has 0 atom stereocenters. The van der Waals surface area contributed by atoms with Gasteiger partial charge in [0.1, 0.15) is 5.75 Å². The summed E-state index contributed by atoms with van der Waals surface area (Å²) >= 11 is 0. The van der Waals surface area contributed by atoms with Crippen LogP contribution in [-0.4, -0.2) is 38.5 Å². The van der Waals surface area contributed by atoms with Crippen LogP contribution in [0.5, 0.6) is 17.2 Å². The first-order valence-corrected chi connectivity index (χ1v) is 4.30. The standard InChI is InChI=1S/C9H13BO5/c1-13-7-5-9(15-3)8(14-2)4-6(7)10(11)12/h4-5,11-12H,1-3H3. The lowest BCUT2D eigenvalue weighted by Gasteiger charge is -2.13. The molecule has 0 aliphatic carbocycles. The van der Waals surface area contributed by atoms with E-state index in [-0.39, 0.29) is 5.46 Å². The summed E-state index contributed by atoms with van der Waals surface area (Å²) in [6.45, 7) is 0. The van der Waals surface area contributed by atoms with Crippen LogP contribution in [0.25, 0.3) is 0 Å². The van der Waals surface area contributed by atoms with Crippen molar-refractivity contribution >= 4 is 12.6 Å². The molecule has 0 aromatic heterocycles. The molecule has 0 aliphatic heterocycles. The van der Waals surface area contributed by atoms with Gasteiger partial charge in [0.05, 0.1) is 21.3 Å². The minimum atomic E-state index is -1.61. The molecular weight excluding hydrogens is 199 g/mol. The smallest absolute Gasteiger partial charge is 0.492 e. The molecule has 0 heterocycles. The summed E-state index contributed by atoms with van der Waals surface area (Å²) in [5, 5.41) is 18.2. The van der Waals surface area contributed by atoms with E-state index < -0.39 is 7.12 Å². The zero-order chi connectivity index (χ0) is 11.4. The molecule has 1 aromatic rings. The molecule has 0 fully saturated rings. The summed E-state index contributed by atoms with van der Waals surface area (Å²) in [5.74, 6) is 1.22. The van der Waals surface area contributed by atoms with E-state index in [1.807, 2.05) is 0 Å². The molecule has 0 unspecified atom stereocenters. The fourth-order valence-corrected chi connectivity index (χ4v) is 1.25. The number of benzene rings is 1. The Kier molecular flexibility index (Phi) is 3.82. The van der Waals surface area contributed by atoms with Crippen molar-refractivity contribution in [1.82, 2.24) is 0 Å². The first-order valence-electron chi connectivity index (χ1n) is 4.30. The Morgan fingerprint density at radius 1 is 0.867 bits per heavy atom. The van der Waals surface area contributed by atoms with Crippen molar-refractivity contribution in [1.29, 1.82) is 0 Å². The summed E-state index contributed by atoms with van der Waals surface area (Å²) in [4.78, 5) is 0. The van der Waals surface area contributed by atoms with Gasteiger partial charge in [0.2, 0.25) is 0 Å². The lowest BCUT2D eigenvalue weighted by atomic mass is 9.79. The lowest BCUT2D eigenvalue weighted by molar-refractivity contribution is 0.348. The fourth-order valence-electron chi connectivity index (χ4n) is 1.25. The number of hydrogen-bond donors (Lipinski definition) is 2. The maximum Gasteiger partial charge on any atom is 0.492 e. The first-order chi connectivity index (χ1) is 7.13. The van der Waals surface area contributed by atoms with Crippen molar-refractivity contribution in [2.24, 2.45) is 0 Å². The van der Waals surface area contributed by atoms with E-state index in [2.05, 4.69) is 0 Å². The molecule has 82 valence electrons. The van der Waals surface area contributed by atoms with E-state index in [0.29, 0.717) is 17.2 Å². The maximum atomic E-state index is 9.10. The Morgan fingerprint density at radius 3 is 1.73 bits per heavy atom. The minimum Gasteiger partial charge on any atom is -0.497 e. The van der Waals surface area contributed by atoms with Crippen LogP contribution in [0.2, 0.25) is 0 Å². The van der Waals surface area contributed by atoms with Crippen molar-refractivity contribution in [2.45, 2.75) is 0 Å². The molecule has 1 rings (SSSR count). The van der Waals surface area contributed by atoms with Crippen LogP contribution in [0, 0.1) is 0 Å². The molecule has 15 heavy (non-hydrogen) atoms. The normalized spacial score (nSPS) is 9.67. The summed E-state index contributed by atoms with van der Waals surface area (Å²) in [6, 6.07) is 3.00. The molecule has 5 nitrogen and oxygen atoms in total. The zero-order valence-corrected chi connectivity index (χ0v) is 8.85. The first kappa shape index (κ1) is 11.7. The Balaban J connectivity index is 3.27. The van der Waals surface area contributed by atoms with Gasteiger partial charge in [-0.15, -0.1) is 0 Å². The molecule has 6 heteroatoms. The topological polar surface area (TPSA) is 68.2 Å². The Labute approximate surface area is 88.3 Å². The lowest BCUT2D eigenvalue weighted by Crippen LogP contribution is -2.31. The van der Waals surface area contributed by atoms with Gasteiger partial charge < -0.3 is 24.3 Å². The Hall–Kier alpha value is -1.40. The quantitative estimate of drug-likeness (QED) is 0.651. The van der Waals surface area contributed by atoms with Gasteiger partial charge in [0, 0.05) is 11.5 Å². The van der Waals surface area contributed by atoms with Crippen molar-refractivity contribution in [3.8, 4) is 17.2 Å². The van der Waals surface area contributed by atoms with Gasteiger partial charge in [-0.2, -0.15) is 0 Å². The second kappa shape index (κ2) is 4.90. The number of ether oxygens (including phenoxy) is 3. The highest BCUT2D eigenvalue weighted by molar-refractivity contribution is 6.59. The molecule has 0 spiro atoms. The molecule has 1 aromatic carbocycles. The average Bonchev–Trinajstić information content (AvgIpc) is 2.26. The van der Waals surface area contributed by atoms with E-state index in [9.17, 15) is 0 Å². The molecule has 0 aliphatic rings. The second-order valence-electron chi connectivity index (χ2n) is 2.82. The third-order valence-corrected chi connectivity index (χ3v) is 2.01. The Bertz CT molecular complexity index is 340.